The minimum absolute atomic E-state index is 0.0409. The largest absolute Gasteiger partial charge is 0.416 e. The fourth-order valence-electron chi connectivity index (χ4n) is 1.13. The van der Waals surface area contributed by atoms with Gasteiger partial charge >= 0.3 is 6.18 Å². The molecule has 0 fully saturated rings. The number of benzene rings is 1. The highest BCUT2D eigenvalue weighted by atomic mass is 19.4. The fraction of sp³-hybridized carbons (Fsp3) is 0.333. The molecule has 0 aliphatic heterocycles. The molecule has 1 rings (SSSR count). The molecule has 15 heavy (non-hydrogen) atoms. The lowest BCUT2D eigenvalue weighted by atomic mass is 10.0. The SMILES string of the molecule is NC[C@@H](N)c1cc(F)cc(C(F)(F)F)c1. The zero-order valence-corrected chi connectivity index (χ0v) is 7.68. The van der Waals surface area contributed by atoms with Gasteiger partial charge in [0.15, 0.2) is 0 Å². The lowest BCUT2D eigenvalue weighted by Gasteiger charge is -2.13. The van der Waals surface area contributed by atoms with E-state index in [0.29, 0.717) is 6.07 Å². The third kappa shape index (κ3) is 2.90. The molecule has 0 amide bonds. The van der Waals surface area contributed by atoms with Crippen molar-refractivity contribution in [3.8, 4) is 0 Å². The van der Waals surface area contributed by atoms with Gasteiger partial charge in [-0.1, -0.05) is 0 Å². The highest BCUT2D eigenvalue weighted by molar-refractivity contribution is 5.29. The van der Waals surface area contributed by atoms with E-state index in [4.69, 9.17) is 11.5 Å². The number of hydrogen-bond acceptors (Lipinski definition) is 2. The van der Waals surface area contributed by atoms with E-state index in [-0.39, 0.29) is 12.1 Å². The number of halogens is 4. The van der Waals surface area contributed by atoms with Crippen LogP contribution < -0.4 is 11.5 Å². The standard InChI is InChI=1S/C9H10F4N2/c10-7-2-5(8(15)4-14)1-6(3-7)9(11,12)13/h1-3,8H,4,14-15H2/t8-/m1/s1. The third-order valence-corrected chi connectivity index (χ3v) is 1.93. The first kappa shape index (κ1) is 11.9. The van der Waals surface area contributed by atoms with Gasteiger partial charge in [0.2, 0.25) is 0 Å². The zero-order valence-electron chi connectivity index (χ0n) is 7.68. The molecular formula is C9H10F4N2. The van der Waals surface area contributed by atoms with Crippen LogP contribution in [0.1, 0.15) is 17.2 Å². The zero-order chi connectivity index (χ0) is 11.6. The van der Waals surface area contributed by atoms with E-state index < -0.39 is 23.6 Å². The van der Waals surface area contributed by atoms with Gasteiger partial charge in [0.1, 0.15) is 5.82 Å². The van der Waals surface area contributed by atoms with Crippen molar-refractivity contribution >= 4 is 0 Å². The van der Waals surface area contributed by atoms with Crippen LogP contribution in [0, 0.1) is 5.82 Å². The summed E-state index contributed by atoms with van der Waals surface area (Å²) in [6.07, 6.45) is -4.58. The Bertz CT molecular complexity index is 348. The molecule has 84 valence electrons. The van der Waals surface area contributed by atoms with Gasteiger partial charge in [-0.05, 0) is 23.8 Å². The van der Waals surface area contributed by atoms with Crippen LogP contribution in [-0.4, -0.2) is 6.54 Å². The first-order valence-corrected chi connectivity index (χ1v) is 4.18. The number of hydrogen-bond donors (Lipinski definition) is 2. The minimum Gasteiger partial charge on any atom is -0.329 e. The highest BCUT2D eigenvalue weighted by Gasteiger charge is 2.31. The average Bonchev–Trinajstić information content (AvgIpc) is 2.14. The molecule has 0 bridgehead atoms. The lowest BCUT2D eigenvalue weighted by molar-refractivity contribution is -0.137. The van der Waals surface area contributed by atoms with Crippen molar-refractivity contribution in [2.24, 2.45) is 11.5 Å². The Morgan fingerprint density at radius 3 is 2.27 bits per heavy atom. The maximum atomic E-state index is 12.9. The molecule has 1 aromatic carbocycles. The van der Waals surface area contributed by atoms with Crippen LogP contribution in [-0.2, 0) is 6.18 Å². The van der Waals surface area contributed by atoms with Gasteiger partial charge in [-0.3, -0.25) is 0 Å². The maximum absolute atomic E-state index is 12.9. The monoisotopic (exact) mass is 222 g/mol. The fourth-order valence-corrected chi connectivity index (χ4v) is 1.13. The van der Waals surface area contributed by atoms with E-state index in [2.05, 4.69) is 0 Å². The summed E-state index contributed by atoms with van der Waals surface area (Å²) in [6, 6.07) is 1.39. The van der Waals surface area contributed by atoms with Crippen LogP contribution in [0.5, 0.6) is 0 Å². The molecule has 1 atom stereocenters. The van der Waals surface area contributed by atoms with Crippen molar-refractivity contribution in [1.82, 2.24) is 0 Å². The second kappa shape index (κ2) is 4.16. The Morgan fingerprint density at radius 1 is 1.20 bits per heavy atom. The summed E-state index contributed by atoms with van der Waals surface area (Å²) in [6.45, 7) is -0.0409. The van der Waals surface area contributed by atoms with E-state index in [0.717, 1.165) is 12.1 Å². The molecular weight excluding hydrogens is 212 g/mol. The second-order valence-corrected chi connectivity index (χ2v) is 3.11. The van der Waals surface area contributed by atoms with E-state index in [1.54, 1.807) is 0 Å². The summed E-state index contributed by atoms with van der Waals surface area (Å²) in [7, 11) is 0. The lowest BCUT2D eigenvalue weighted by Crippen LogP contribution is -2.21. The first-order chi connectivity index (χ1) is 6.84. The van der Waals surface area contributed by atoms with E-state index in [1.807, 2.05) is 0 Å². The van der Waals surface area contributed by atoms with Gasteiger partial charge < -0.3 is 11.5 Å². The van der Waals surface area contributed by atoms with Crippen molar-refractivity contribution in [2.45, 2.75) is 12.2 Å². The molecule has 0 saturated carbocycles. The van der Waals surface area contributed by atoms with Gasteiger partial charge in [-0.25, -0.2) is 4.39 Å². The minimum atomic E-state index is -4.58. The molecule has 0 heterocycles. The predicted octanol–water partition coefficient (Wildman–Crippen LogP) is 1.80. The van der Waals surface area contributed by atoms with Gasteiger partial charge in [0.25, 0.3) is 0 Å². The molecule has 0 saturated heterocycles. The summed E-state index contributed by atoms with van der Waals surface area (Å²) < 4.78 is 49.7. The summed E-state index contributed by atoms with van der Waals surface area (Å²) in [5.41, 5.74) is 9.59. The Morgan fingerprint density at radius 2 is 1.80 bits per heavy atom. The van der Waals surface area contributed by atoms with Crippen molar-refractivity contribution in [3.05, 3.63) is 35.1 Å². The molecule has 0 aromatic heterocycles. The molecule has 0 aliphatic rings. The first-order valence-electron chi connectivity index (χ1n) is 4.18. The van der Waals surface area contributed by atoms with Gasteiger partial charge in [-0.15, -0.1) is 0 Å². The number of rotatable bonds is 2. The normalized spacial score (nSPS) is 14.0. The molecule has 0 aliphatic carbocycles. The predicted molar refractivity (Wildman–Crippen MR) is 47.4 cm³/mol. The van der Waals surface area contributed by atoms with Crippen molar-refractivity contribution < 1.29 is 17.6 Å². The van der Waals surface area contributed by atoms with Crippen LogP contribution in [0.3, 0.4) is 0 Å². The van der Waals surface area contributed by atoms with Crippen LogP contribution in [0.15, 0.2) is 18.2 Å². The van der Waals surface area contributed by atoms with Gasteiger partial charge in [-0.2, -0.15) is 13.2 Å². The summed E-state index contributed by atoms with van der Waals surface area (Å²) in [5.74, 6) is -0.969. The Hall–Kier alpha value is -1.14. The summed E-state index contributed by atoms with van der Waals surface area (Å²) >= 11 is 0. The molecule has 0 unspecified atom stereocenters. The van der Waals surface area contributed by atoms with Crippen molar-refractivity contribution in [3.63, 3.8) is 0 Å². The molecule has 2 nitrogen and oxygen atoms in total. The average molecular weight is 222 g/mol. The van der Waals surface area contributed by atoms with Crippen LogP contribution >= 0.6 is 0 Å². The summed E-state index contributed by atoms with van der Waals surface area (Å²) in [5, 5.41) is 0. The smallest absolute Gasteiger partial charge is 0.329 e. The third-order valence-electron chi connectivity index (χ3n) is 1.93. The topological polar surface area (TPSA) is 52.0 Å². The molecule has 4 N–H and O–H groups in total. The maximum Gasteiger partial charge on any atom is 0.416 e. The van der Waals surface area contributed by atoms with Crippen LogP contribution in [0.2, 0.25) is 0 Å². The molecule has 0 radical (unpaired) electrons. The Kier molecular flexibility index (Phi) is 3.31. The second-order valence-electron chi connectivity index (χ2n) is 3.11. The van der Waals surface area contributed by atoms with E-state index in [9.17, 15) is 17.6 Å². The van der Waals surface area contributed by atoms with Gasteiger partial charge in [0.05, 0.1) is 5.56 Å². The van der Waals surface area contributed by atoms with E-state index >= 15 is 0 Å². The molecule has 6 heteroatoms. The quantitative estimate of drug-likeness (QED) is 0.749. The molecule has 0 spiro atoms. The van der Waals surface area contributed by atoms with Gasteiger partial charge in [0, 0.05) is 12.6 Å². The van der Waals surface area contributed by atoms with Crippen molar-refractivity contribution in [2.75, 3.05) is 6.54 Å². The summed E-state index contributed by atoms with van der Waals surface area (Å²) in [4.78, 5) is 0. The molecule has 1 aromatic rings. The number of alkyl halides is 3. The van der Waals surface area contributed by atoms with Crippen LogP contribution in [0.25, 0.3) is 0 Å². The Labute approximate surface area is 83.9 Å². The number of nitrogens with two attached hydrogens (primary N) is 2. The van der Waals surface area contributed by atoms with E-state index in [1.165, 1.54) is 0 Å². The Balaban J connectivity index is 3.17. The van der Waals surface area contributed by atoms with Crippen molar-refractivity contribution in [1.29, 1.82) is 0 Å². The van der Waals surface area contributed by atoms with Crippen LogP contribution in [0.4, 0.5) is 17.6 Å². The highest BCUT2D eigenvalue weighted by Crippen LogP contribution is 2.31.